The zero-order valence-electron chi connectivity index (χ0n) is 18.7. The van der Waals surface area contributed by atoms with Gasteiger partial charge in [0.15, 0.2) is 0 Å². The van der Waals surface area contributed by atoms with E-state index in [4.69, 9.17) is 0 Å². The lowest BCUT2D eigenvalue weighted by Gasteiger charge is -2.16. The minimum atomic E-state index is -4.44. The highest BCUT2D eigenvalue weighted by atomic mass is 19.4. The lowest BCUT2D eigenvalue weighted by Crippen LogP contribution is -2.26. The van der Waals surface area contributed by atoms with E-state index in [1.165, 1.54) is 6.07 Å². The topological polar surface area (TPSA) is 39.8 Å². The Morgan fingerprint density at radius 3 is 2.47 bits per heavy atom. The van der Waals surface area contributed by atoms with Crippen molar-refractivity contribution in [3.8, 4) is 0 Å². The maximum atomic E-state index is 13.8. The van der Waals surface area contributed by atoms with Crippen molar-refractivity contribution in [2.24, 2.45) is 0 Å². The average Bonchev–Trinajstić information content (AvgIpc) is 3.12. The predicted molar refractivity (Wildman–Crippen MR) is 127 cm³/mol. The van der Waals surface area contributed by atoms with Crippen LogP contribution in [0.25, 0.3) is 21.9 Å². The van der Waals surface area contributed by atoms with E-state index < -0.39 is 11.7 Å². The van der Waals surface area contributed by atoms with Crippen LogP contribution in [-0.4, -0.2) is 14.1 Å². The van der Waals surface area contributed by atoms with E-state index in [1.54, 1.807) is 21.5 Å². The molecule has 0 fully saturated rings. The third-order valence-electron chi connectivity index (χ3n) is 6.23. The highest BCUT2D eigenvalue weighted by Crippen LogP contribution is 2.31. The molecule has 0 radical (unpaired) electrons. The van der Waals surface area contributed by atoms with E-state index in [2.05, 4.69) is 4.98 Å². The first kappa shape index (κ1) is 21.9. The van der Waals surface area contributed by atoms with Gasteiger partial charge in [-0.05, 0) is 49.2 Å². The first-order chi connectivity index (χ1) is 16.2. The largest absolute Gasteiger partial charge is 0.416 e. The standard InChI is InChI=1S/C27H22F3N3O/c1-17-11-12-23-22(13-17)24-25(32(23)15-19-7-6-10-21(14-19)27(28,29)30)26(34)33(16-31-24)18(2)20-8-4-3-5-9-20/h3-14,16,18H,15H2,1-2H3/t18-/m0/s1. The highest BCUT2D eigenvalue weighted by molar-refractivity contribution is 6.05. The first-order valence-electron chi connectivity index (χ1n) is 10.9. The number of halogens is 3. The predicted octanol–water partition coefficient (Wildman–Crippen LogP) is 6.34. The summed E-state index contributed by atoms with van der Waals surface area (Å²) in [6, 6.07) is 20.4. The first-order valence-corrected chi connectivity index (χ1v) is 10.9. The van der Waals surface area contributed by atoms with Crippen LogP contribution in [0.3, 0.4) is 0 Å². The molecule has 0 aliphatic carbocycles. The molecule has 7 heteroatoms. The summed E-state index contributed by atoms with van der Waals surface area (Å²) >= 11 is 0. The second-order valence-electron chi connectivity index (χ2n) is 8.55. The summed E-state index contributed by atoms with van der Waals surface area (Å²) in [4.78, 5) is 18.4. The van der Waals surface area contributed by atoms with E-state index in [9.17, 15) is 18.0 Å². The molecule has 0 saturated heterocycles. The van der Waals surface area contributed by atoms with Gasteiger partial charge in [-0.2, -0.15) is 13.2 Å². The van der Waals surface area contributed by atoms with E-state index in [1.807, 2.05) is 62.4 Å². The summed E-state index contributed by atoms with van der Waals surface area (Å²) in [6.45, 7) is 4.00. The van der Waals surface area contributed by atoms with Gasteiger partial charge in [0.1, 0.15) is 11.0 Å². The maximum absolute atomic E-state index is 13.8. The molecular weight excluding hydrogens is 439 g/mol. The fraction of sp³-hybridized carbons (Fsp3) is 0.185. The third-order valence-corrected chi connectivity index (χ3v) is 6.23. The van der Waals surface area contributed by atoms with Gasteiger partial charge < -0.3 is 4.57 Å². The molecule has 3 aromatic carbocycles. The van der Waals surface area contributed by atoms with Crippen LogP contribution in [-0.2, 0) is 12.7 Å². The van der Waals surface area contributed by atoms with Gasteiger partial charge in [0.2, 0.25) is 0 Å². The van der Waals surface area contributed by atoms with Crippen molar-refractivity contribution in [1.29, 1.82) is 0 Å². The van der Waals surface area contributed by atoms with Gasteiger partial charge in [0.25, 0.3) is 5.56 Å². The molecule has 5 rings (SSSR count). The SMILES string of the molecule is Cc1ccc2c(c1)c1ncn([C@@H](C)c3ccccc3)c(=O)c1n2Cc1cccc(C(F)(F)F)c1. The lowest BCUT2D eigenvalue weighted by molar-refractivity contribution is -0.137. The van der Waals surface area contributed by atoms with E-state index >= 15 is 0 Å². The number of nitrogens with zero attached hydrogens (tertiary/aromatic N) is 3. The molecule has 0 amide bonds. The van der Waals surface area contributed by atoms with E-state index in [0.717, 1.165) is 34.2 Å². The van der Waals surface area contributed by atoms with Crippen molar-refractivity contribution in [1.82, 2.24) is 14.1 Å². The minimum absolute atomic E-state index is 0.119. The Labute approximate surface area is 193 Å². The van der Waals surface area contributed by atoms with Crippen molar-refractivity contribution in [3.63, 3.8) is 0 Å². The van der Waals surface area contributed by atoms with Gasteiger partial charge in [-0.25, -0.2) is 4.98 Å². The summed E-state index contributed by atoms with van der Waals surface area (Å²) in [5, 5.41) is 0.804. The Kier molecular flexibility index (Phi) is 5.27. The summed E-state index contributed by atoms with van der Waals surface area (Å²) in [7, 11) is 0. The van der Waals surface area contributed by atoms with Crippen LogP contribution >= 0.6 is 0 Å². The monoisotopic (exact) mass is 461 g/mol. The minimum Gasteiger partial charge on any atom is -0.330 e. The number of aryl methyl sites for hydroxylation is 1. The molecule has 0 bridgehead atoms. The normalized spacial score (nSPS) is 13.0. The third kappa shape index (κ3) is 3.77. The molecule has 0 spiro atoms. The summed E-state index contributed by atoms with van der Waals surface area (Å²) in [5.41, 5.74) is 3.16. The molecule has 172 valence electrons. The van der Waals surface area contributed by atoms with Crippen molar-refractivity contribution < 1.29 is 13.2 Å². The number of hydrogen-bond donors (Lipinski definition) is 0. The Morgan fingerprint density at radius 2 is 1.74 bits per heavy atom. The van der Waals surface area contributed by atoms with Crippen LogP contribution in [0, 0.1) is 6.92 Å². The Morgan fingerprint density at radius 1 is 0.971 bits per heavy atom. The number of rotatable bonds is 4. The van der Waals surface area contributed by atoms with Crippen LogP contribution in [0.4, 0.5) is 13.2 Å². The van der Waals surface area contributed by atoms with Gasteiger partial charge in [0.05, 0.1) is 23.4 Å². The van der Waals surface area contributed by atoms with Gasteiger partial charge in [-0.1, -0.05) is 54.1 Å². The Bertz CT molecular complexity index is 1570. The zero-order valence-corrected chi connectivity index (χ0v) is 18.7. The van der Waals surface area contributed by atoms with Crippen LogP contribution in [0.15, 0.2) is 83.9 Å². The molecular formula is C27H22F3N3O. The van der Waals surface area contributed by atoms with E-state index in [-0.39, 0.29) is 18.1 Å². The molecule has 0 aliphatic rings. The molecule has 0 aliphatic heterocycles. The molecule has 2 aromatic heterocycles. The quantitative estimate of drug-likeness (QED) is 0.314. The summed E-state index contributed by atoms with van der Waals surface area (Å²) in [6.07, 6.45) is -2.88. The fourth-order valence-corrected chi connectivity index (χ4v) is 4.45. The van der Waals surface area contributed by atoms with Gasteiger partial charge in [0, 0.05) is 11.9 Å². The molecule has 0 unspecified atom stereocenters. The molecule has 2 heterocycles. The second-order valence-corrected chi connectivity index (χ2v) is 8.55. The van der Waals surface area contributed by atoms with Crippen molar-refractivity contribution in [2.75, 3.05) is 0 Å². The zero-order chi connectivity index (χ0) is 24.0. The van der Waals surface area contributed by atoms with Crippen molar-refractivity contribution in [3.05, 3.63) is 112 Å². The van der Waals surface area contributed by atoms with Crippen molar-refractivity contribution in [2.45, 2.75) is 32.6 Å². The van der Waals surface area contributed by atoms with Crippen LogP contribution in [0.2, 0.25) is 0 Å². The fourth-order valence-electron chi connectivity index (χ4n) is 4.45. The van der Waals surface area contributed by atoms with Gasteiger partial charge in [-0.15, -0.1) is 0 Å². The molecule has 1 atom stereocenters. The number of alkyl halides is 3. The summed E-state index contributed by atoms with van der Waals surface area (Å²) in [5.74, 6) is 0. The van der Waals surface area contributed by atoms with Gasteiger partial charge in [-0.3, -0.25) is 9.36 Å². The highest BCUT2D eigenvalue weighted by Gasteiger charge is 2.30. The number of fused-ring (bicyclic) bond motifs is 3. The molecule has 0 saturated carbocycles. The van der Waals surface area contributed by atoms with Crippen LogP contribution in [0.1, 0.15) is 35.2 Å². The molecule has 5 aromatic rings. The Balaban J connectivity index is 1.73. The molecule has 34 heavy (non-hydrogen) atoms. The Hall–Kier alpha value is -3.87. The van der Waals surface area contributed by atoms with Crippen molar-refractivity contribution >= 4 is 21.9 Å². The molecule has 0 N–H and O–H groups in total. The van der Waals surface area contributed by atoms with Crippen LogP contribution in [0.5, 0.6) is 0 Å². The number of hydrogen-bond acceptors (Lipinski definition) is 2. The molecule has 4 nitrogen and oxygen atoms in total. The summed E-state index contributed by atoms with van der Waals surface area (Å²) < 4.78 is 43.2. The average molecular weight is 461 g/mol. The second kappa shape index (κ2) is 8.17. The van der Waals surface area contributed by atoms with E-state index in [0.29, 0.717) is 16.6 Å². The number of benzene rings is 3. The lowest BCUT2D eigenvalue weighted by atomic mass is 10.1. The number of aromatic nitrogens is 3. The maximum Gasteiger partial charge on any atom is 0.416 e. The van der Waals surface area contributed by atoms with Crippen LogP contribution < -0.4 is 5.56 Å². The smallest absolute Gasteiger partial charge is 0.330 e. The van der Waals surface area contributed by atoms with Gasteiger partial charge >= 0.3 is 6.18 Å².